The summed E-state index contributed by atoms with van der Waals surface area (Å²) in [7, 11) is 0. The normalized spacial score (nSPS) is 21.5. The van der Waals surface area contributed by atoms with E-state index in [1.54, 1.807) is 6.07 Å². The predicted octanol–water partition coefficient (Wildman–Crippen LogP) is 5.02. The van der Waals surface area contributed by atoms with Crippen molar-refractivity contribution < 1.29 is 19.4 Å². The number of carboxylic acid groups (broad SMARTS) is 1. The van der Waals surface area contributed by atoms with E-state index in [4.69, 9.17) is 14.5 Å². The third-order valence-corrected chi connectivity index (χ3v) is 8.76. The van der Waals surface area contributed by atoms with E-state index < -0.39 is 5.97 Å². The second-order valence-corrected chi connectivity index (χ2v) is 11.3. The van der Waals surface area contributed by atoms with Crippen LogP contribution in [0, 0.1) is 0 Å². The number of hydrogen-bond acceptors (Lipinski definition) is 6. The van der Waals surface area contributed by atoms with Crippen molar-refractivity contribution in [2.75, 3.05) is 26.3 Å². The van der Waals surface area contributed by atoms with Crippen LogP contribution in [0.25, 0.3) is 11.2 Å². The molecule has 0 amide bonds. The molecular weight excluding hydrogens is 504 g/mol. The molecule has 4 aromatic rings. The Morgan fingerprint density at radius 3 is 2.52 bits per heavy atom. The maximum Gasteiger partial charge on any atom is 0.354 e. The van der Waals surface area contributed by atoms with Gasteiger partial charge in [-0.25, -0.2) is 14.8 Å². The summed E-state index contributed by atoms with van der Waals surface area (Å²) in [5.74, 6) is 1.88. The molecule has 8 nitrogen and oxygen atoms in total. The number of likely N-dealkylation sites (tertiary alicyclic amines) is 1. The number of hydrogen-bond donors (Lipinski definition) is 1. The number of ether oxygens (including phenoxy) is 2. The molecule has 0 bridgehead atoms. The number of pyridine rings is 1. The van der Waals surface area contributed by atoms with E-state index in [9.17, 15) is 9.90 Å². The molecule has 7 rings (SSSR count). The van der Waals surface area contributed by atoms with E-state index in [1.807, 2.05) is 0 Å². The van der Waals surface area contributed by atoms with Gasteiger partial charge in [0.2, 0.25) is 0 Å². The summed E-state index contributed by atoms with van der Waals surface area (Å²) >= 11 is 0. The fourth-order valence-electron chi connectivity index (χ4n) is 6.43. The van der Waals surface area contributed by atoms with Crippen molar-refractivity contribution in [2.45, 2.75) is 56.7 Å². The Hall–Kier alpha value is -3.75. The molecule has 2 fully saturated rings. The van der Waals surface area contributed by atoms with Crippen LogP contribution in [0.1, 0.15) is 64.1 Å². The van der Waals surface area contributed by atoms with Gasteiger partial charge in [0.1, 0.15) is 17.1 Å². The van der Waals surface area contributed by atoms with Gasteiger partial charge in [0, 0.05) is 12.5 Å². The fourth-order valence-corrected chi connectivity index (χ4v) is 6.43. The minimum atomic E-state index is -1.03. The van der Waals surface area contributed by atoms with Gasteiger partial charge in [-0.2, -0.15) is 0 Å². The lowest BCUT2D eigenvalue weighted by atomic mass is 9.84. The van der Waals surface area contributed by atoms with Crippen LogP contribution >= 0.6 is 0 Å². The standard InChI is InChI=1S/C32H34N4O4/c37-32(38)28-10-9-27-31(34-28)36(18-25-13-16-39-25)29(33-27)19-35-14-11-22(12-15-35)26-8-4-7-23-17-24(20-40-30(23)26)21-5-2-1-3-6-21/h1-10,22,24-25H,11-20H2,(H,37,38). The van der Waals surface area contributed by atoms with E-state index in [0.717, 1.165) is 69.1 Å². The smallest absolute Gasteiger partial charge is 0.354 e. The van der Waals surface area contributed by atoms with E-state index >= 15 is 0 Å². The third-order valence-electron chi connectivity index (χ3n) is 8.76. The molecule has 0 spiro atoms. The molecule has 2 aromatic heterocycles. The van der Waals surface area contributed by atoms with Crippen LogP contribution < -0.4 is 4.74 Å². The molecule has 3 aliphatic rings. The third kappa shape index (κ3) is 4.86. The topological polar surface area (TPSA) is 89.7 Å². The number of aromatic carboxylic acids is 1. The maximum atomic E-state index is 11.6. The number of fused-ring (bicyclic) bond motifs is 2. The molecule has 206 valence electrons. The van der Waals surface area contributed by atoms with Crippen molar-refractivity contribution in [3.63, 3.8) is 0 Å². The number of piperidine rings is 1. The molecule has 3 aliphatic heterocycles. The lowest BCUT2D eigenvalue weighted by Crippen LogP contribution is -2.35. The second-order valence-electron chi connectivity index (χ2n) is 11.3. The van der Waals surface area contributed by atoms with Gasteiger partial charge < -0.3 is 19.1 Å². The van der Waals surface area contributed by atoms with Crippen molar-refractivity contribution in [1.29, 1.82) is 0 Å². The number of nitrogens with zero attached hydrogens (tertiary/aromatic N) is 4. The van der Waals surface area contributed by atoms with Gasteiger partial charge in [-0.3, -0.25) is 4.90 Å². The van der Waals surface area contributed by atoms with Crippen molar-refractivity contribution in [1.82, 2.24) is 19.4 Å². The summed E-state index contributed by atoms with van der Waals surface area (Å²) in [5.41, 5.74) is 5.41. The van der Waals surface area contributed by atoms with Crippen LogP contribution in [0.15, 0.2) is 60.7 Å². The zero-order chi connectivity index (χ0) is 27.1. The van der Waals surface area contributed by atoms with Gasteiger partial charge in [0.15, 0.2) is 11.3 Å². The number of para-hydroxylation sites is 1. The summed E-state index contributed by atoms with van der Waals surface area (Å²) in [4.78, 5) is 23.3. The molecule has 5 heterocycles. The van der Waals surface area contributed by atoms with Crippen LogP contribution in [0.3, 0.4) is 0 Å². The highest BCUT2D eigenvalue weighted by Crippen LogP contribution is 2.41. The molecule has 1 N–H and O–H groups in total. The molecular formula is C32H34N4O4. The molecule has 40 heavy (non-hydrogen) atoms. The molecule has 0 aliphatic carbocycles. The summed E-state index contributed by atoms with van der Waals surface area (Å²) in [6.07, 6.45) is 4.27. The average molecular weight is 539 g/mol. The Labute approximate surface area is 233 Å². The van der Waals surface area contributed by atoms with Gasteiger partial charge in [-0.1, -0.05) is 48.5 Å². The highest BCUT2D eigenvalue weighted by Gasteiger charge is 2.30. The Morgan fingerprint density at radius 1 is 0.950 bits per heavy atom. The van der Waals surface area contributed by atoms with Gasteiger partial charge >= 0.3 is 5.97 Å². The van der Waals surface area contributed by atoms with Gasteiger partial charge in [-0.15, -0.1) is 0 Å². The SMILES string of the molecule is O=C(O)c1ccc2nc(CN3CCC(c4cccc5c4OCC(c4ccccc4)C5)CC3)n(CC3CCO3)c2n1. The monoisotopic (exact) mass is 538 g/mol. The molecule has 2 saturated heterocycles. The van der Waals surface area contributed by atoms with Crippen LogP contribution in [0.2, 0.25) is 0 Å². The van der Waals surface area contributed by atoms with E-state index in [2.05, 4.69) is 63.0 Å². The second kappa shape index (κ2) is 10.7. The van der Waals surface area contributed by atoms with Gasteiger partial charge in [0.25, 0.3) is 0 Å². The number of rotatable bonds is 7. The number of aromatic nitrogens is 3. The van der Waals surface area contributed by atoms with Crippen molar-refractivity contribution in [3.8, 4) is 5.75 Å². The van der Waals surface area contributed by atoms with Crippen LogP contribution in [0.4, 0.5) is 0 Å². The summed E-state index contributed by atoms with van der Waals surface area (Å²) in [6, 6.07) is 20.7. The van der Waals surface area contributed by atoms with E-state index in [0.29, 0.717) is 30.6 Å². The van der Waals surface area contributed by atoms with Crippen LogP contribution in [-0.4, -0.2) is 62.9 Å². The molecule has 2 aromatic carbocycles. The highest BCUT2D eigenvalue weighted by atomic mass is 16.5. The minimum absolute atomic E-state index is 0.0408. The van der Waals surface area contributed by atoms with Crippen LogP contribution in [-0.2, 0) is 24.2 Å². The largest absolute Gasteiger partial charge is 0.492 e. The summed E-state index contributed by atoms with van der Waals surface area (Å²) in [6.45, 7) is 4.80. The number of imidazole rings is 1. The Balaban J connectivity index is 1.06. The summed E-state index contributed by atoms with van der Waals surface area (Å²) in [5, 5.41) is 9.47. The maximum absolute atomic E-state index is 11.6. The summed E-state index contributed by atoms with van der Waals surface area (Å²) < 4.78 is 14.2. The number of carboxylic acids is 1. The lowest BCUT2D eigenvalue weighted by molar-refractivity contribution is -0.0593. The Bertz CT molecular complexity index is 1520. The van der Waals surface area contributed by atoms with Crippen molar-refractivity contribution in [2.24, 2.45) is 0 Å². The zero-order valence-electron chi connectivity index (χ0n) is 22.5. The zero-order valence-corrected chi connectivity index (χ0v) is 22.5. The number of carbonyl (C=O) groups is 1. The van der Waals surface area contributed by atoms with E-state index in [-0.39, 0.29) is 11.8 Å². The predicted molar refractivity (Wildman–Crippen MR) is 151 cm³/mol. The van der Waals surface area contributed by atoms with E-state index in [1.165, 1.54) is 22.8 Å². The van der Waals surface area contributed by atoms with Crippen molar-refractivity contribution >= 4 is 17.1 Å². The fraction of sp³-hybridized carbons (Fsp3) is 0.406. The lowest BCUT2D eigenvalue weighted by Gasteiger charge is -2.35. The first kappa shape index (κ1) is 25.2. The molecule has 0 saturated carbocycles. The molecule has 0 radical (unpaired) electrons. The van der Waals surface area contributed by atoms with Crippen LogP contribution in [0.5, 0.6) is 5.75 Å². The molecule has 2 unspecified atom stereocenters. The quantitative estimate of drug-likeness (QED) is 0.354. The van der Waals surface area contributed by atoms with Crippen molar-refractivity contribution in [3.05, 3.63) is 88.9 Å². The Morgan fingerprint density at radius 2 is 1.77 bits per heavy atom. The number of benzene rings is 2. The highest BCUT2D eigenvalue weighted by molar-refractivity contribution is 5.88. The van der Waals surface area contributed by atoms with Gasteiger partial charge in [-0.05, 0) is 73.5 Å². The first-order valence-corrected chi connectivity index (χ1v) is 14.4. The Kier molecular flexibility index (Phi) is 6.73. The minimum Gasteiger partial charge on any atom is -0.492 e. The molecule has 2 atom stereocenters. The van der Waals surface area contributed by atoms with Gasteiger partial charge in [0.05, 0.1) is 25.8 Å². The first-order valence-electron chi connectivity index (χ1n) is 14.4. The molecule has 8 heteroatoms. The first-order chi connectivity index (χ1) is 19.6. The average Bonchev–Trinajstić information content (AvgIpc) is 3.31.